The lowest BCUT2D eigenvalue weighted by Gasteiger charge is -2.20. The third-order valence-corrected chi connectivity index (χ3v) is 17.9. The molecule has 2 unspecified atom stereocenters. The summed E-state index contributed by atoms with van der Waals surface area (Å²) in [5.74, 6) is -0.0464. The van der Waals surface area contributed by atoms with Crippen molar-refractivity contribution in [2.24, 2.45) is 0 Å². The zero-order valence-corrected chi connectivity index (χ0v) is 56.9. The third kappa shape index (κ3) is 69.2. The minimum absolute atomic E-state index is 0.0170. The molecule has 0 aliphatic rings. The van der Waals surface area contributed by atoms with Crippen LogP contribution in [0.25, 0.3) is 0 Å². The Bertz CT molecular complexity index is 1360. The maximum absolute atomic E-state index is 12.5. The molecular weight excluding hydrogens is 1030 g/mol. The molecule has 0 fully saturated rings. The lowest BCUT2D eigenvalue weighted by atomic mass is 10.0. The molecule has 0 radical (unpaired) electrons. The normalized spacial score (nSPS) is 12.7. The van der Waals surface area contributed by atoms with E-state index in [1.54, 1.807) is 6.08 Å². The second-order valence-electron chi connectivity index (χ2n) is 26.3. The third-order valence-electron chi connectivity index (χ3n) is 17.9. The predicted molar refractivity (Wildman–Crippen MR) is 370 cm³/mol. The molecule has 1 amide bonds. The van der Waals surface area contributed by atoms with Crippen molar-refractivity contribution in [1.82, 2.24) is 5.32 Å². The Labute approximate surface area is 525 Å². The fourth-order valence-corrected chi connectivity index (χ4v) is 12.1. The van der Waals surface area contributed by atoms with Gasteiger partial charge in [-0.15, -0.1) is 0 Å². The summed E-state index contributed by atoms with van der Waals surface area (Å²) in [6.07, 6.45) is 95.3. The van der Waals surface area contributed by atoms with Gasteiger partial charge in [-0.1, -0.05) is 384 Å². The molecule has 0 aromatic rings. The van der Waals surface area contributed by atoms with Crippen molar-refractivity contribution in [3.05, 3.63) is 36.5 Å². The summed E-state index contributed by atoms with van der Waals surface area (Å²) in [7, 11) is 0. The van der Waals surface area contributed by atoms with E-state index in [1.807, 2.05) is 6.08 Å². The number of ether oxygens (including phenoxy) is 1. The fourth-order valence-electron chi connectivity index (χ4n) is 12.1. The van der Waals surface area contributed by atoms with Gasteiger partial charge in [0.05, 0.1) is 25.4 Å². The topological polar surface area (TPSA) is 95.9 Å². The Morgan fingerprint density at radius 2 is 0.595 bits per heavy atom. The molecule has 84 heavy (non-hydrogen) atoms. The average molecular weight is 1180 g/mol. The first-order chi connectivity index (χ1) is 41.5. The van der Waals surface area contributed by atoms with E-state index in [9.17, 15) is 19.8 Å². The van der Waals surface area contributed by atoms with Crippen LogP contribution in [0, 0.1) is 0 Å². The Hall–Kier alpha value is -1.92. The van der Waals surface area contributed by atoms with Crippen LogP contribution in [0.15, 0.2) is 36.5 Å². The highest BCUT2D eigenvalue weighted by molar-refractivity contribution is 5.76. The zero-order chi connectivity index (χ0) is 60.6. The minimum atomic E-state index is -0.845. The molecule has 3 N–H and O–H groups in total. The standard InChI is InChI=1S/C78H149NO5/c1-3-5-7-9-11-13-15-17-19-21-22-36-39-42-46-50-54-58-62-66-70-76(81)75(74-80)79-77(82)71-67-63-59-55-51-47-43-40-37-34-32-30-28-26-24-23-25-27-29-31-33-35-38-41-45-49-53-57-61-65-69-73-84-78(83)72-68-64-60-56-52-48-44-20-18-16-14-12-10-8-6-4-2/h25,27,31,33,66,70,75-76,80-81H,3-24,26,28-30,32,34-65,67-69,71-74H2,1-2H3,(H,79,82)/b27-25-,33-31-,70-66+. The summed E-state index contributed by atoms with van der Waals surface area (Å²) >= 11 is 0. The average Bonchev–Trinajstić information content (AvgIpc) is 3.50. The maximum Gasteiger partial charge on any atom is 0.305 e. The van der Waals surface area contributed by atoms with Gasteiger partial charge in [-0.3, -0.25) is 9.59 Å². The van der Waals surface area contributed by atoms with Crippen LogP contribution in [0.2, 0.25) is 0 Å². The molecule has 0 spiro atoms. The Kier molecular flexibility index (Phi) is 71.9. The number of aliphatic hydroxyl groups excluding tert-OH is 2. The molecule has 0 saturated carbocycles. The first-order valence-corrected chi connectivity index (χ1v) is 38.3. The lowest BCUT2D eigenvalue weighted by molar-refractivity contribution is -0.143. The van der Waals surface area contributed by atoms with Crippen molar-refractivity contribution in [2.45, 2.75) is 437 Å². The van der Waals surface area contributed by atoms with Gasteiger partial charge in [0.15, 0.2) is 0 Å². The van der Waals surface area contributed by atoms with Crippen molar-refractivity contribution < 1.29 is 24.5 Å². The van der Waals surface area contributed by atoms with Gasteiger partial charge in [0.25, 0.3) is 0 Å². The molecule has 6 nitrogen and oxygen atoms in total. The van der Waals surface area contributed by atoms with E-state index in [0.29, 0.717) is 19.4 Å². The number of carbonyl (C=O) groups excluding carboxylic acids is 2. The monoisotopic (exact) mass is 1180 g/mol. The highest BCUT2D eigenvalue weighted by Gasteiger charge is 2.18. The predicted octanol–water partition coefficient (Wildman–Crippen LogP) is 25.0. The maximum atomic E-state index is 12.5. The van der Waals surface area contributed by atoms with Gasteiger partial charge in [0.1, 0.15) is 0 Å². The van der Waals surface area contributed by atoms with E-state index < -0.39 is 12.1 Å². The van der Waals surface area contributed by atoms with Gasteiger partial charge in [0, 0.05) is 12.8 Å². The lowest BCUT2D eigenvalue weighted by Crippen LogP contribution is -2.45. The summed E-state index contributed by atoms with van der Waals surface area (Å²) in [6, 6.07) is -0.629. The molecule has 0 heterocycles. The number of esters is 1. The molecule has 0 aliphatic heterocycles. The van der Waals surface area contributed by atoms with E-state index in [-0.39, 0.29) is 18.5 Å². The van der Waals surface area contributed by atoms with Crippen LogP contribution in [0.4, 0.5) is 0 Å². The number of rotatable bonds is 72. The molecular formula is C78H149NO5. The van der Waals surface area contributed by atoms with Crippen LogP contribution in [-0.2, 0) is 14.3 Å². The van der Waals surface area contributed by atoms with Crippen LogP contribution >= 0.6 is 0 Å². The van der Waals surface area contributed by atoms with Crippen molar-refractivity contribution in [2.75, 3.05) is 13.2 Å². The molecule has 496 valence electrons. The highest BCUT2D eigenvalue weighted by atomic mass is 16.5. The molecule has 2 atom stereocenters. The number of amides is 1. The molecule has 0 aromatic carbocycles. The summed E-state index contributed by atoms with van der Waals surface area (Å²) in [5.41, 5.74) is 0. The van der Waals surface area contributed by atoms with Crippen LogP contribution in [0.5, 0.6) is 0 Å². The fraction of sp³-hybridized carbons (Fsp3) is 0.897. The van der Waals surface area contributed by atoms with Gasteiger partial charge in [-0.25, -0.2) is 0 Å². The minimum Gasteiger partial charge on any atom is -0.466 e. The molecule has 0 rings (SSSR count). The van der Waals surface area contributed by atoms with Crippen molar-refractivity contribution in [3.8, 4) is 0 Å². The number of nitrogens with one attached hydrogen (secondary N) is 1. The Balaban J connectivity index is 3.40. The highest BCUT2D eigenvalue weighted by Crippen LogP contribution is 2.19. The number of hydrogen-bond donors (Lipinski definition) is 3. The number of carbonyl (C=O) groups is 2. The van der Waals surface area contributed by atoms with Crippen LogP contribution in [0.3, 0.4) is 0 Å². The first-order valence-electron chi connectivity index (χ1n) is 38.3. The quantitative estimate of drug-likeness (QED) is 0.0320. The number of aliphatic hydroxyl groups is 2. The van der Waals surface area contributed by atoms with Crippen LogP contribution in [0.1, 0.15) is 425 Å². The molecule has 0 aliphatic carbocycles. The largest absolute Gasteiger partial charge is 0.466 e. The summed E-state index contributed by atoms with van der Waals surface area (Å²) in [5, 5.41) is 23.3. The van der Waals surface area contributed by atoms with E-state index in [1.165, 1.54) is 353 Å². The summed E-state index contributed by atoms with van der Waals surface area (Å²) < 4.78 is 5.50. The van der Waals surface area contributed by atoms with Gasteiger partial charge >= 0.3 is 5.97 Å². The molecule has 0 saturated heterocycles. The van der Waals surface area contributed by atoms with E-state index >= 15 is 0 Å². The second kappa shape index (κ2) is 73.5. The number of unbranched alkanes of at least 4 members (excludes halogenated alkanes) is 57. The summed E-state index contributed by atoms with van der Waals surface area (Å²) in [6.45, 7) is 4.95. The Morgan fingerprint density at radius 3 is 0.905 bits per heavy atom. The molecule has 6 heteroatoms. The molecule has 0 bridgehead atoms. The molecule has 0 aromatic heterocycles. The van der Waals surface area contributed by atoms with Crippen molar-refractivity contribution >= 4 is 11.9 Å². The van der Waals surface area contributed by atoms with Crippen LogP contribution in [-0.4, -0.2) is 47.4 Å². The van der Waals surface area contributed by atoms with Crippen LogP contribution < -0.4 is 5.32 Å². The zero-order valence-electron chi connectivity index (χ0n) is 56.9. The Morgan fingerprint density at radius 1 is 0.333 bits per heavy atom. The van der Waals surface area contributed by atoms with Gasteiger partial charge in [-0.05, 0) is 64.2 Å². The van der Waals surface area contributed by atoms with Crippen molar-refractivity contribution in [3.63, 3.8) is 0 Å². The van der Waals surface area contributed by atoms with Gasteiger partial charge in [0.2, 0.25) is 5.91 Å². The van der Waals surface area contributed by atoms with Gasteiger partial charge < -0.3 is 20.3 Å². The summed E-state index contributed by atoms with van der Waals surface area (Å²) in [4.78, 5) is 24.6. The number of allylic oxidation sites excluding steroid dienone is 5. The smallest absolute Gasteiger partial charge is 0.305 e. The van der Waals surface area contributed by atoms with Gasteiger partial charge in [-0.2, -0.15) is 0 Å². The second-order valence-corrected chi connectivity index (χ2v) is 26.3. The van der Waals surface area contributed by atoms with E-state index in [2.05, 4.69) is 43.5 Å². The van der Waals surface area contributed by atoms with E-state index in [0.717, 1.165) is 44.9 Å². The number of hydrogen-bond acceptors (Lipinski definition) is 5. The SMILES string of the molecule is CCCCCCCCCCCCCCCCCCCC/C=C/C(O)C(CO)NC(=O)CCCCCCCCCCCCCCCCC/C=C\C/C=C\CCCCCCCCCCCOC(=O)CCCCCCCCCCCCCCCCCC. The van der Waals surface area contributed by atoms with Crippen molar-refractivity contribution in [1.29, 1.82) is 0 Å². The van der Waals surface area contributed by atoms with E-state index in [4.69, 9.17) is 4.74 Å². The first kappa shape index (κ1) is 82.1.